The van der Waals surface area contributed by atoms with Gasteiger partial charge in [-0.1, -0.05) is 35.9 Å². The van der Waals surface area contributed by atoms with Crippen molar-refractivity contribution in [3.05, 3.63) is 58.1 Å². The summed E-state index contributed by atoms with van der Waals surface area (Å²) < 4.78 is 0. The largest absolute Gasteiger partial charge is 0.240 e. The molecule has 0 aliphatic heterocycles. The molecule has 4 nitrogen and oxygen atoms in total. The zero-order chi connectivity index (χ0) is 15.2. The fourth-order valence-electron chi connectivity index (χ4n) is 2.04. The van der Waals surface area contributed by atoms with E-state index in [0.717, 1.165) is 16.7 Å². The molecule has 0 N–H and O–H groups in total. The Morgan fingerprint density at radius 2 is 1.57 bits per heavy atom. The number of carbonyl (C=O) groups excluding carboxylic acids is 2. The lowest BCUT2D eigenvalue weighted by molar-refractivity contribution is 0.564. The smallest absolute Gasteiger partial charge is 0.211 e. The van der Waals surface area contributed by atoms with Crippen molar-refractivity contribution in [2.24, 2.45) is 9.98 Å². The van der Waals surface area contributed by atoms with Gasteiger partial charge in [0.2, 0.25) is 12.2 Å². The zero-order valence-electron chi connectivity index (χ0n) is 11.3. The van der Waals surface area contributed by atoms with Gasteiger partial charge in [0.05, 0.1) is 0 Å². The van der Waals surface area contributed by atoms with Crippen LogP contribution in [-0.4, -0.2) is 12.2 Å². The monoisotopic (exact) mass is 298 g/mol. The van der Waals surface area contributed by atoms with Crippen LogP contribution in [0.2, 0.25) is 5.02 Å². The Morgan fingerprint density at radius 1 is 0.952 bits per heavy atom. The maximum atomic E-state index is 10.6. The van der Waals surface area contributed by atoms with Gasteiger partial charge in [-0.2, -0.15) is 9.98 Å². The summed E-state index contributed by atoms with van der Waals surface area (Å²) in [4.78, 5) is 28.5. The van der Waals surface area contributed by atoms with Crippen molar-refractivity contribution < 1.29 is 9.59 Å². The van der Waals surface area contributed by atoms with Crippen LogP contribution in [0.1, 0.15) is 16.7 Å². The highest BCUT2D eigenvalue weighted by atomic mass is 35.5. The van der Waals surface area contributed by atoms with Crippen LogP contribution in [0.3, 0.4) is 0 Å². The number of aliphatic imine (C=N–C) groups is 2. The first kappa shape index (κ1) is 14.9. The predicted octanol–water partition coefficient (Wildman–Crippen LogP) is 4.17. The van der Waals surface area contributed by atoms with Gasteiger partial charge in [0.1, 0.15) is 11.4 Å². The number of halogens is 1. The van der Waals surface area contributed by atoms with E-state index in [2.05, 4.69) is 9.98 Å². The van der Waals surface area contributed by atoms with E-state index < -0.39 is 0 Å². The van der Waals surface area contributed by atoms with E-state index in [1.165, 1.54) is 12.2 Å². The summed E-state index contributed by atoms with van der Waals surface area (Å²) in [5.41, 5.74) is 3.22. The molecule has 0 aliphatic carbocycles. The van der Waals surface area contributed by atoms with E-state index >= 15 is 0 Å². The highest BCUT2D eigenvalue weighted by Gasteiger charge is 2.11. The van der Waals surface area contributed by atoms with Gasteiger partial charge in [-0.3, -0.25) is 0 Å². The van der Waals surface area contributed by atoms with E-state index in [1.807, 2.05) is 24.3 Å². The molecule has 0 radical (unpaired) electrons. The minimum absolute atomic E-state index is 0.347. The van der Waals surface area contributed by atoms with Crippen LogP contribution >= 0.6 is 11.6 Å². The summed E-state index contributed by atoms with van der Waals surface area (Å²) in [6, 6.07) is 11.0. The number of hydrogen-bond acceptors (Lipinski definition) is 4. The third-order valence-corrected chi connectivity index (χ3v) is 3.31. The summed E-state index contributed by atoms with van der Waals surface area (Å²) in [5.74, 6) is 0. The number of hydrogen-bond donors (Lipinski definition) is 0. The van der Waals surface area contributed by atoms with Gasteiger partial charge in [-0.25, -0.2) is 9.59 Å². The minimum Gasteiger partial charge on any atom is -0.211 e. The quantitative estimate of drug-likeness (QED) is 0.628. The molecule has 0 atom stereocenters. The van der Waals surface area contributed by atoms with Gasteiger partial charge in [0.15, 0.2) is 0 Å². The molecule has 2 aromatic carbocycles. The SMILES string of the molecule is Cc1ccc(Cc2ccc(Cl)cc2)c(N=C=O)c1N=C=O. The van der Waals surface area contributed by atoms with E-state index in [-0.39, 0.29) is 0 Å². The number of benzene rings is 2. The fraction of sp³-hybridized carbons (Fsp3) is 0.125. The lowest BCUT2D eigenvalue weighted by Crippen LogP contribution is -1.90. The summed E-state index contributed by atoms with van der Waals surface area (Å²) in [5, 5.41) is 0.653. The lowest BCUT2D eigenvalue weighted by Gasteiger charge is -2.09. The normalized spacial score (nSPS) is 9.62. The van der Waals surface area contributed by atoms with E-state index in [0.29, 0.717) is 22.8 Å². The molecule has 0 heterocycles. The van der Waals surface area contributed by atoms with Gasteiger partial charge in [0.25, 0.3) is 0 Å². The molecule has 2 rings (SSSR count). The molecular formula is C16H11ClN2O2. The standard InChI is InChI=1S/C16H11ClN2O2/c1-11-2-5-13(8-12-3-6-14(17)7-4-12)16(19-10-21)15(11)18-9-20/h2-7H,8H2,1H3. The molecular weight excluding hydrogens is 288 g/mol. The van der Waals surface area contributed by atoms with Crippen molar-refractivity contribution >= 4 is 35.1 Å². The molecule has 0 amide bonds. The van der Waals surface area contributed by atoms with Gasteiger partial charge < -0.3 is 0 Å². The van der Waals surface area contributed by atoms with Gasteiger partial charge >= 0.3 is 0 Å². The minimum atomic E-state index is 0.347. The molecule has 0 aliphatic rings. The molecule has 5 heteroatoms. The molecule has 0 saturated carbocycles. The third kappa shape index (κ3) is 3.53. The molecule has 21 heavy (non-hydrogen) atoms. The lowest BCUT2D eigenvalue weighted by atomic mass is 10.00. The summed E-state index contributed by atoms with van der Waals surface area (Å²) in [6.07, 6.45) is 3.54. The number of aryl methyl sites for hydroxylation is 1. The summed E-state index contributed by atoms with van der Waals surface area (Å²) in [7, 11) is 0. The third-order valence-electron chi connectivity index (χ3n) is 3.06. The van der Waals surface area contributed by atoms with Gasteiger partial charge in [-0.05, 0) is 42.2 Å². The first-order valence-corrected chi connectivity index (χ1v) is 6.56. The maximum absolute atomic E-state index is 10.6. The molecule has 0 unspecified atom stereocenters. The predicted molar refractivity (Wildman–Crippen MR) is 81.0 cm³/mol. The van der Waals surface area contributed by atoms with Crippen LogP contribution in [0.4, 0.5) is 11.4 Å². The Morgan fingerprint density at radius 3 is 2.19 bits per heavy atom. The Bertz CT molecular complexity index is 757. The second kappa shape index (κ2) is 6.78. The molecule has 0 saturated heterocycles. The van der Waals surface area contributed by atoms with Crippen molar-refractivity contribution in [2.45, 2.75) is 13.3 Å². The Hall–Kier alpha value is -2.51. The van der Waals surface area contributed by atoms with E-state index in [1.54, 1.807) is 19.1 Å². The molecule has 0 fully saturated rings. The van der Waals surface area contributed by atoms with E-state index in [4.69, 9.17) is 11.6 Å². The Kier molecular flexibility index (Phi) is 4.81. The van der Waals surface area contributed by atoms with Crippen molar-refractivity contribution in [3.8, 4) is 0 Å². The second-order valence-corrected chi connectivity index (χ2v) is 4.88. The summed E-state index contributed by atoms with van der Waals surface area (Å²) in [6.45, 7) is 1.78. The zero-order valence-corrected chi connectivity index (χ0v) is 12.0. The Labute approximate surface area is 126 Å². The number of isocyanates is 2. The summed E-state index contributed by atoms with van der Waals surface area (Å²) >= 11 is 5.86. The van der Waals surface area contributed by atoms with Crippen molar-refractivity contribution in [1.29, 1.82) is 0 Å². The van der Waals surface area contributed by atoms with Crippen molar-refractivity contribution in [1.82, 2.24) is 0 Å². The second-order valence-electron chi connectivity index (χ2n) is 4.45. The Balaban J connectivity index is 2.52. The number of nitrogens with zero attached hydrogens (tertiary/aromatic N) is 2. The molecule has 0 aromatic heterocycles. The van der Waals surface area contributed by atoms with Gasteiger partial charge in [-0.15, -0.1) is 0 Å². The molecule has 0 spiro atoms. The average molecular weight is 299 g/mol. The molecule has 104 valence electrons. The van der Waals surface area contributed by atoms with Crippen LogP contribution in [-0.2, 0) is 16.0 Å². The first-order valence-electron chi connectivity index (χ1n) is 6.18. The van der Waals surface area contributed by atoms with Crippen LogP contribution in [0.25, 0.3) is 0 Å². The highest BCUT2D eigenvalue weighted by molar-refractivity contribution is 6.30. The fourth-order valence-corrected chi connectivity index (χ4v) is 2.17. The first-order chi connectivity index (χ1) is 10.2. The average Bonchev–Trinajstić information content (AvgIpc) is 2.48. The van der Waals surface area contributed by atoms with E-state index in [9.17, 15) is 9.59 Å². The van der Waals surface area contributed by atoms with Crippen molar-refractivity contribution in [2.75, 3.05) is 0 Å². The number of rotatable bonds is 4. The maximum Gasteiger partial charge on any atom is 0.240 e. The molecule has 2 aromatic rings. The van der Waals surface area contributed by atoms with Crippen molar-refractivity contribution in [3.63, 3.8) is 0 Å². The molecule has 0 bridgehead atoms. The van der Waals surface area contributed by atoms with Crippen LogP contribution in [0.15, 0.2) is 46.4 Å². The highest BCUT2D eigenvalue weighted by Crippen LogP contribution is 2.35. The van der Waals surface area contributed by atoms with Crippen LogP contribution in [0, 0.1) is 6.92 Å². The topological polar surface area (TPSA) is 58.9 Å². The van der Waals surface area contributed by atoms with Gasteiger partial charge in [0, 0.05) is 5.02 Å². The van der Waals surface area contributed by atoms with Crippen LogP contribution < -0.4 is 0 Å². The van der Waals surface area contributed by atoms with Crippen LogP contribution in [0.5, 0.6) is 0 Å².